The summed E-state index contributed by atoms with van der Waals surface area (Å²) in [6.07, 6.45) is 7.93. The van der Waals surface area contributed by atoms with E-state index in [9.17, 15) is 4.79 Å². The van der Waals surface area contributed by atoms with Gasteiger partial charge in [-0.3, -0.25) is 4.79 Å². The van der Waals surface area contributed by atoms with Crippen molar-refractivity contribution in [3.63, 3.8) is 0 Å². The number of hydrogen-bond acceptors (Lipinski definition) is 2. The van der Waals surface area contributed by atoms with Gasteiger partial charge in [0.2, 0.25) is 0 Å². The summed E-state index contributed by atoms with van der Waals surface area (Å²) >= 11 is 0. The van der Waals surface area contributed by atoms with Crippen LogP contribution in [0.2, 0.25) is 0 Å². The molecule has 2 aromatic rings. The first-order chi connectivity index (χ1) is 12.6. The molecule has 4 rings (SSSR count). The fourth-order valence-electron chi connectivity index (χ4n) is 4.35. The number of carbonyl (C=O) groups excluding carboxylic acids is 1. The summed E-state index contributed by atoms with van der Waals surface area (Å²) in [5.41, 5.74) is 4.22. The van der Waals surface area contributed by atoms with Gasteiger partial charge in [0.05, 0.1) is 5.69 Å². The Balaban J connectivity index is 1.77. The van der Waals surface area contributed by atoms with E-state index in [1.165, 1.54) is 18.4 Å². The number of aryl methyl sites for hydroxylation is 1. The van der Waals surface area contributed by atoms with E-state index in [2.05, 4.69) is 47.6 Å². The van der Waals surface area contributed by atoms with Crippen LogP contribution in [0.5, 0.6) is 0 Å². The van der Waals surface area contributed by atoms with E-state index in [0.29, 0.717) is 11.7 Å². The molecule has 1 aromatic carbocycles. The first-order valence-corrected chi connectivity index (χ1v) is 10.1. The van der Waals surface area contributed by atoms with Crippen LogP contribution >= 0.6 is 0 Å². The van der Waals surface area contributed by atoms with E-state index in [0.717, 1.165) is 62.3 Å². The number of fused-ring (bicyclic) bond motifs is 1. The lowest BCUT2D eigenvalue weighted by molar-refractivity contribution is 0.0628. The van der Waals surface area contributed by atoms with Crippen LogP contribution in [0.1, 0.15) is 67.2 Å². The largest absolute Gasteiger partial charge is 0.335 e. The van der Waals surface area contributed by atoms with Crippen molar-refractivity contribution >= 4 is 5.91 Å². The summed E-state index contributed by atoms with van der Waals surface area (Å²) in [7, 11) is 0. The van der Waals surface area contributed by atoms with Crippen molar-refractivity contribution in [1.82, 2.24) is 14.5 Å². The summed E-state index contributed by atoms with van der Waals surface area (Å²) in [5.74, 6) is 1.11. The molecule has 1 saturated heterocycles. The fourth-order valence-corrected chi connectivity index (χ4v) is 4.35. The second-order valence-corrected chi connectivity index (χ2v) is 7.90. The fraction of sp³-hybridized carbons (Fsp3) is 0.545. The third-order valence-electron chi connectivity index (χ3n) is 5.94. The van der Waals surface area contributed by atoms with Gasteiger partial charge in [-0.05, 0) is 52.4 Å². The molecule has 1 fully saturated rings. The highest BCUT2D eigenvalue weighted by atomic mass is 16.2. The minimum Gasteiger partial charge on any atom is -0.335 e. The van der Waals surface area contributed by atoms with Gasteiger partial charge in [-0.2, -0.15) is 0 Å². The maximum absolute atomic E-state index is 13.3. The minimum absolute atomic E-state index is 0.140. The summed E-state index contributed by atoms with van der Waals surface area (Å²) in [6, 6.07) is 8.84. The van der Waals surface area contributed by atoms with E-state index < -0.39 is 0 Å². The van der Waals surface area contributed by atoms with Crippen LogP contribution in [0.3, 0.4) is 0 Å². The van der Waals surface area contributed by atoms with Crippen molar-refractivity contribution in [1.29, 1.82) is 0 Å². The maximum Gasteiger partial charge on any atom is 0.274 e. The Morgan fingerprint density at radius 1 is 1.04 bits per heavy atom. The third kappa shape index (κ3) is 3.17. The molecule has 4 nitrogen and oxygen atoms in total. The summed E-state index contributed by atoms with van der Waals surface area (Å²) in [6.45, 7) is 6.11. The zero-order chi connectivity index (χ0) is 18.1. The highest BCUT2D eigenvalue weighted by Gasteiger charge is 2.30. The number of imidazole rings is 1. The molecule has 0 saturated carbocycles. The lowest BCUT2D eigenvalue weighted by atomic mass is 10.0. The van der Waals surface area contributed by atoms with Crippen molar-refractivity contribution in [2.45, 2.75) is 71.4 Å². The Labute approximate surface area is 156 Å². The zero-order valence-electron chi connectivity index (χ0n) is 16.0. The van der Waals surface area contributed by atoms with Crippen LogP contribution in [0.4, 0.5) is 0 Å². The molecule has 0 spiro atoms. The molecule has 0 aliphatic carbocycles. The van der Waals surface area contributed by atoms with Crippen LogP contribution in [0.15, 0.2) is 24.3 Å². The molecular weight excluding hydrogens is 322 g/mol. The molecule has 2 aliphatic heterocycles. The number of nitrogens with zero attached hydrogens (tertiary/aromatic N) is 3. The van der Waals surface area contributed by atoms with Gasteiger partial charge >= 0.3 is 0 Å². The van der Waals surface area contributed by atoms with Crippen LogP contribution in [0, 0.1) is 6.92 Å². The first kappa shape index (κ1) is 17.3. The van der Waals surface area contributed by atoms with Crippen LogP contribution in [-0.4, -0.2) is 32.9 Å². The van der Waals surface area contributed by atoms with Crippen LogP contribution in [-0.2, 0) is 13.0 Å². The Hall–Kier alpha value is -2.10. The smallest absolute Gasteiger partial charge is 0.274 e. The summed E-state index contributed by atoms with van der Waals surface area (Å²) < 4.78 is 2.32. The molecule has 1 unspecified atom stereocenters. The quantitative estimate of drug-likeness (QED) is 0.793. The predicted octanol–water partition coefficient (Wildman–Crippen LogP) is 4.60. The van der Waals surface area contributed by atoms with Gasteiger partial charge in [-0.15, -0.1) is 0 Å². The van der Waals surface area contributed by atoms with Gasteiger partial charge in [0.1, 0.15) is 11.5 Å². The van der Waals surface area contributed by atoms with E-state index in [1.807, 2.05) is 0 Å². The van der Waals surface area contributed by atoms with Crippen LogP contribution < -0.4 is 0 Å². The van der Waals surface area contributed by atoms with Gasteiger partial charge in [0, 0.05) is 24.7 Å². The highest BCUT2D eigenvalue weighted by molar-refractivity contribution is 5.94. The molecule has 0 N–H and O–H groups in total. The molecule has 3 heterocycles. The number of piperidine rings is 1. The average molecular weight is 351 g/mol. The third-order valence-corrected chi connectivity index (χ3v) is 5.94. The minimum atomic E-state index is 0.140. The number of carbonyl (C=O) groups is 1. The Morgan fingerprint density at radius 3 is 2.58 bits per heavy atom. The van der Waals surface area contributed by atoms with Crippen molar-refractivity contribution in [3.8, 4) is 11.4 Å². The van der Waals surface area contributed by atoms with E-state index >= 15 is 0 Å². The average Bonchev–Trinajstić information content (AvgIpc) is 2.84. The van der Waals surface area contributed by atoms with Crippen molar-refractivity contribution in [2.24, 2.45) is 0 Å². The van der Waals surface area contributed by atoms with E-state index in [1.54, 1.807) is 0 Å². The molecule has 1 aromatic heterocycles. The SMILES string of the molecule is Cc1ccc(-c2nc(C(=O)N3CCCCC3C)c3n2CCCCC3)cc1. The zero-order valence-corrected chi connectivity index (χ0v) is 16.0. The molecule has 1 atom stereocenters. The normalized spacial score (nSPS) is 20.5. The molecule has 0 bridgehead atoms. The first-order valence-electron chi connectivity index (χ1n) is 10.1. The monoisotopic (exact) mass is 351 g/mol. The lowest BCUT2D eigenvalue weighted by Gasteiger charge is -2.33. The maximum atomic E-state index is 13.3. The van der Waals surface area contributed by atoms with Crippen LogP contribution in [0.25, 0.3) is 11.4 Å². The Bertz CT molecular complexity index is 790. The van der Waals surface area contributed by atoms with E-state index in [-0.39, 0.29) is 5.91 Å². The van der Waals surface area contributed by atoms with Crippen molar-refractivity contribution in [2.75, 3.05) is 6.54 Å². The molecule has 138 valence electrons. The molecule has 0 radical (unpaired) electrons. The molecule has 26 heavy (non-hydrogen) atoms. The second-order valence-electron chi connectivity index (χ2n) is 7.90. The highest BCUT2D eigenvalue weighted by Crippen LogP contribution is 2.29. The van der Waals surface area contributed by atoms with Gasteiger partial charge in [0.25, 0.3) is 5.91 Å². The molecule has 4 heteroatoms. The number of likely N-dealkylation sites (tertiary alicyclic amines) is 1. The van der Waals surface area contributed by atoms with Gasteiger partial charge in [0.15, 0.2) is 0 Å². The van der Waals surface area contributed by atoms with Crippen molar-refractivity contribution < 1.29 is 4.79 Å². The summed E-state index contributed by atoms with van der Waals surface area (Å²) in [4.78, 5) is 20.3. The second kappa shape index (κ2) is 7.26. The molecule has 2 aliphatic rings. The number of hydrogen-bond donors (Lipinski definition) is 0. The number of amides is 1. The van der Waals surface area contributed by atoms with E-state index in [4.69, 9.17) is 4.98 Å². The van der Waals surface area contributed by atoms with Gasteiger partial charge in [-0.1, -0.05) is 36.2 Å². The van der Waals surface area contributed by atoms with Gasteiger partial charge < -0.3 is 9.47 Å². The molecular formula is C22H29N3O. The Morgan fingerprint density at radius 2 is 1.81 bits per heavy atom. The molecule has 1 amide bonds. The predicted molar refractivity (Wildman–Crippen MR) is 104 cm³/mol. The topological polar surface area (TPSA) is 38.1 Å². The number of benzene rings is 1. The summed E-state index contributed by atoms with van der Waals surface area (Å²) in [5, 5.41) is 0. The van der Waals surface area contributed by atoms with Gasteiger partial charge in [-0.25, -0.2) is 4.98 Å². The van der Waals surface area contributed by atoms with Crippen molar-refractivity contribution in [3.05, 3.63) is 41.2 Å². The lowest BCUT2D eigenvalue weighted by Crippen LogP contribution is -2.42. The Kier molecular flexibility index (Phi) is 4.84. The number of aromatic nitrogens is 2. The standard InChI is InChI=1S/C22H29N3O/c1-16-10-12-18(13-11-16)21-23-20(19-9-4-3-6-15-25(19)21)22(26)24-14-7-5-8-17(24)2/h10-13,17H,3-9,14-15H2,1-2H3. The number of rotatable bonds is 2.